The summed E-state index contributed by atoms with van der Waals surface area (Å²) in [5.41, 5.74) is 2.95. The van der Waals surface area contributed by atoms with Gasteiger partial charge in [0.15, 0.2) is 0 Å². The van der Waals surface area contributed by atoms with Crippen LogP contribution in [0.1, 0.15) is 22.8 Å². The fourth-order valence-corrected chi connectivity index (χ4v) is 1.98. The van der Waals surface area contributed by atoms with Gasteiger partial charge in [-0.05, 0) is 37.3 Å². The molecule has 0 aliphatic rings. The summed E-state index contributed by atoms with van der Waals surface area (Å²) in [5.74, 6) is -1.15. The number of anilines is 3. The highest BCUT2D eigenvalue weighted by Gasteiger charge is 2.10. The van der Waals surface area contributed by atoms with E-state index in [1.165, 1.54) is 6.92 Å². The van der Waals surface area contributed by atoms with Gasteiger partial charge in [-0.2, -0.15) is 0 Å². The standard InChI is InChI=1S/C16H16N2O3/c1-10-6-7-15(14(8-10)16(20)21)18-13-5-3-4-12(9-13)17-11(2)19/h3-9,18H,1-2H3,(H,17,19)(H,20,21). The summed E-state index contributed by atoms with van der Waals surface area (Å²) < 4.78 is 0. The Hall–Kier alpha value is -2.82. The van der Waals surface area contributed by atoms with Crippen molar-refractivity contribution in [2.24, 2.45) is 0 Å². The molecule has 0 saturated carbocycles. The molecule has 0 aromatic heterocycles. The highest BCUT2D eigenvalue weighted by molar-refractivity contribution is 5.95. The molecular weight excluding hydrogens is 268 g/mol. The third-order valence-electron chi connectivity index (χ3n) is 2.87. The van der Waals surface area contributed by atoms with E-state index in [4.69, 9.17) is 0 Å². The van der Waals surface area contributed by atoms with Gasteiger partial charge in [-0.3, -0.25) is 4.79 Å². The molecule has 108 valence electrons. The maximum atomic E-state index is 11.3. The Morgan fingerprint density at radius 3 is 2.43 bits per heavy atom. The molecule has 2 aromatic carbocycles. The number of hydrogen-bond donors (Lipinski definition) is 3. The Bertz CT molecular complexity index is 696. The lowest BCUT2D eigenvalue weighted by molar-refractivity contribution is -0.114. The summed E-state index contributed by atoms with van der Waals surface area (Å²) in [6, 6.07) is 12.3. The van der Waals surface area contributed by atoms with Gasteiger partial charge in [0.05, 0.1) is 11.3 Å². The second-order valence-electron chi connectivity index (χ2n) is 4.74. The predicted molar refractivity (Wildman–Crippen MR) is 82.2 cm³/mol. The van der Waals surface area contributed by atoms with Gasteiger partial charge in [-0.15, -0.1) is 0 Å². The molecule has 0 heterocycles. The number of carbonyl (C=O) groups excluding carboxylic acids is 1. The molecule has 0 radical (unpaired) electrons. The van der Waals surface area contributed by atoms with E-state index in [1.807, 2.05) is 13.0 Å². The second kappa shape index (κ2) is 6.09. The largest absolute Gasteiger partial charge is 0.478 e. The summed E-state index contributed by atoms with van der Waals surface area (Å²) in [6.45, 7) is 3.27. The van der Waals surface area contributed by atoms with E-state index in [9.17, 15) is 14.7 Å². The zero-order valence-corrected chi connectivity index (χ0v) is 11.8. The Labute approximate surface area is 122 Å². The van der Waals surface area contributed by atoms with Crippen molar-refractivity contribution in [1.82, 2.24) is 0 Å². The third-order valence-corrected chi connectivity index (χ3v) is 2.87. The van der Waals surface area contributed by atoms with Gasteiger partial charge in [-0.25, -0.2) is 4.79 Å². The van der Waals surface area contributed by atoms with E-state index >= 15 is 0 Å². The first-order valence-corrected chi connectivity index (χ1v) is 6.44. The lowest BCUT2D eigenvalue weighted by Gasteiger charge is -2.11. The van der Waals surface area contributed by atoms with E-state index < -0.39 is 5.97 Å². The van der Waals surface area contributed by atoms with Crippen molar-refractivity contribution < 1.29 is 14.7 Å². The van der Waals surface area contributed by atoms with Crippen LogP contribution in [-0.4, -0.2) is 17.0 Å². The third kappa shape index (κ3) is 3.82. The summed E-state index contributed by atoms with van der Waals surface area (Å²) in [4.78, 5) is 22.3. The predicted octanol–water partition coefficient (Wildman–Crippen LogP) is 3.40. The van der Waals surface area contributed by atoms with E-state index in [2.05, 4.69) is 10.6 Å². The van der Waals surface area contributed by atoms with Crippen LogP contribution < -0.4 is 10.6 Å². The molecule has 0 spiro atoms. The first kappa shape index (κ1) is 14.6. The molecular formula is C16H16N2O3. The molecule has 0 fully saturated rings. The molecule has 1 amide bonds. The van der Waals surface area contributed by atoms with Crippen molar-refractivity contribution in [1.29, 1.82) is 0 Å². The van der Waals surface area contributed by atoms with Crippen molar-refractivity contribution in [2.75, 3.05) is 10.6 Å². The quantitative estimate of drug-likeness (QED) is 0.804. The van der Waals surface area contributed by atoms with Crippen LogP contribution >= 0.6 is 0 Å². The molecule has 21 heavy (non-hydrogen) atoms. The molecule has 0 aliphatic heterocycles. The van der Waals surface area contributed by atoms with Crippen molar-refractivity contribution in [2.45, 2.75) is 13.8 Å². The average Bonchev–Trinajstić information content (AvgIpc) is 2.40. The van der Waals surface area contributed by atoms with Crippen LogP contribution in [0, 0.1) is 6.92 Å². The Morgan fingerprint density at radius 1 is 1.05 bits per heavy atom. The Balaban J connectivity index is 2.30. The zero-order valence-electron chi connectivity index (χ0n) is 11.8. The first-order valence-electron chi connectivity index (χ1n) is 6.44. The molecule has 0 unspecified atom stereocenters. The minimum atomic E-state index is -0.987. The summed E-state index contributed by atoms with van der Waals surface area (Å²) in [7, 11) is 0. The van der Waals surface area contributed by atoms with Crippen LogP contribution in [0.3, 0.4) is 0 Å². The van der Waals surface area contributed by atoms with E-state index in [0.717, 1.165) is 5.56 Å². The van der Waals surface area contributed by atoms with Gasteiger partial charge >= 0.3 is 5.97 Å². The molecule has 2 aromatic rings. The van der Waals surface area contributed by atoms with Gasteiger partial charge < -0.3 is 15.7 Å². The molecule has 0 bridgehead atoms. The number of carbonyl (C=O) groups is 2. The second-order valence-corrected chi connectivity index (χ2v) is 4.74. The molecule has 0 aliphatic carbocycles. The molecule has 0 saturated heterocycles. The van der Waals surface area contributed by atoms with Gasteiger partial charge in [0.2, 0.25) is 5.91 Å². The molecule has 5 nitrogen and oxygen atoms in total. The fourth-order valence-electron chi connectivity index (χ4n) is 1.98. The van der Waals surface area contributed by atoms with Crippen LogP contribution in [0.5, 0.6) is 0 Å². The topological polar surface area (TPSA) is 78.4 Å². The van der Waals surface area contributed by atoms with Crippen LogP contribution in [0.2, 0.25) is 0 Å². The maximum Gasteiger partial charge on any atom is 0.337 e. The number of aromatic carboxylic acids is 1. The van der Waals surface area contributed by atoms with Crippen molar-refractivity contribution >= 4 is 28.9 Å². The monoisotopic (exact) mass is 284 g/mol. The van der Waals surface area contributed by atoms with Crippen LogP contribution in [-0.2, 0) is 4.79 Å². The van der Waals surface area contributed by atoms with Crippen molar-refractivity contribution in [3.63, 3.8) is 0 Å². The molecule has 0 atom stereocenters. The van der Waals surface area contributed by atoms with Gasteiger partial charge in [0.1, 0.15) is 0 Å². The van der Waals surface area contributed by atoms with E-state index in [0.29, 0.717) is 17.1 Å². The smallest absolute Gasteiger partial charge is 0.337 e. The van der Waals surface area contributed by atoms with Crippen LogP contribution in [0.15, 0.2) is 42.5 Å². The Morgan fingerprint density at radius 2 is 1.76 bits per heavy atom. The van der Waals surface area contributed by atoms with E-state index in [-0.39, 0.29) is 11.5 Å². The number of aryl methyl sites for hydroxylation is 1. The van der Waals surface area contributed by atoms with Crippen LogP contribution in [0.4, 0.5) is 17.1 Å². The minimum absolute atomic E-state index is 0.159. The average molecular weight is 284 g/mol. The number of nitrogens with one attached hydrogen (secondary N) is 2. The molecule has 5 heteroatoms. The van der Waals surface area contributed by atoms with E-state index in [1.54, 1.807) is 36.4 Å². The normalized spacial score (nSPS) is 10.0. The molecule has 3 N–H and O–H groups in total. The van der Waals surface area contributed by atoms with Crippen molar-refractivity contribution in [3.8, 4) is 0 Å². The highest BCUT2D eigenvalue weighted by atomic mass is 16.4. The lowest BCUT2D eigenvalue weighted by atomic mass is 10.1. The van der Waals surface area contributed by atoms with Gasteiger partial charge in [0.25, 0.3) is 0 Å². The number of benzene rings is 2. The molecule has 2 rings (SSSR count). The fraction of sp³-hybridized carbons (Fsp3) is 0.125. The lowest BCUT2D eigenvalue weighted by Crippen LogP contribution is -2.06. The number of rotatable bonds is 4. The summed E-state index contributed by atoms with van der Waals surface area (Å²) >= 11 is 0. The number of carboxylic acid groups (broad SMARTS) is 1. The van der Waals surface area contributed by atoms with Crippen LogP contribution in [0.25, 0.3) is 0 Å². The maximum absolute atomic E-state index is 11.3. The highest BCUT2D eigenvalue weighted by Crippen LogP contribution is 2.24. The van der Waals surface area contributed by atoms with Gasteiger partial charge in [0, 0.05) is 18.3 Å². The first-order chi connectivity index (χ1) is 9.95. The summed E-state index contributed by atoms with van der Waals surface area (Å²) in [5, 5.41) is 15.0. The SMILES string of the molecule is CC(=O)Nc1cccc(Nc2ccc(C)cc2C(=O)O)c1. The van der Waals surface area contributed by atoms with Gasteiger partial charge in [-0.1, -0.05) is 17.7 Å². The zero-order chi connectivity index (χ0) is 15.4. The number of amides is 1. The number of carboxylic acids is 1. The van der Waals surface area contributed by atoms with Crippen molar-refractivity contribution in [3.05, 3.63) is 53.6 Å². The summed E-state index contributed by atoms with van der Waals surface area (Å²) in [6.07, 6.45) is 0. The minimum Gasteiger partial charge on any atom is -0.478 e. The Kier molecular flexibility index (Phi) is 4.23. The number of hydrogen-bond acceptors (Lipinski definition) is 3.